The van der Waals surface area contributed by atoms with Crippen molar-refractivity contribution in [2.24, 2.45) is 5.92 Å². The summed E-state index contributed by atoms with van der Waals surface area (Å²) < 4.78 is 0. The van der Waals surface area contributed by atoms with E-state index in [2.05, 4.69) is 32.7 Å². The maximum absolute atomic E-state index is 11.3. The van der Waals surface area contributed by atoms with Crippen LogP contribution < -0.4 is 5.32 Å². The summed E-state index contributed by atoms with van der Waals surface area (Å²) in [6.07, 6.45) is 0. The summed E-state index contributed by atoms with van der Waals surface area (Å²) in [5, 5.41) is 2.91. The Morgan fingerprint density at radius 3 is 1.72 bits per heavy atom. The van der Waals surface area contributed by atoms with Crippen LogP contribution >= 0.6 is 0 Å². The molecule has 1 amide bonds. The van der Waals surface area contributed by atoms with Crippen LogP contribution in [0.1, 0.15) is 55.4 Å². The van der Waals surface area contributed by atoms with E-state index in [0.29, 0.717) is 6.54 Å². The second kappa shape index (κ2) is 16.0. The third kappa shape index (κ3) is 20.4. The van der Waals surface area contributed by atoms with E-state index in [9.17, 15) is 4.79 Å². The van der Waals surface area contributed by atoms with Gasteiger partial charge in [-0.2, -0.15) is 0 Å². The molecule has 3 nitrogen and oxygen atoms in total. The number of nitrogens with zero attached hydrogens (tertiary/aromatic N) is 1. The second-order valence-electron chi connectivity index (χ2n) is 4.43. The Balaban J connectivity index is -0.000000317. The third-order valence-corrected chi connectivity index (χ3v) is 1.66. The Hall–Kier alpha value is -0.990. The molecule has 0 heterocycles. The minimum absolute atomic E-state index is 0.128. The molecule has 0 aromatic carbocycles. The molecule has 0 spiro atoms. The van der Waals surface area contributed by atoms with Gasteiger partial charge in [0.05, 0.1) is 6.54 Å². The zero-order valence-electron chi connectivity index (χ0n) is 13.8. The standard InChI is InChI=1S/C9H18N2O.C4H10.C2H6/c1-5-11(6-2)9(12)7-10-8(3)4;1-4(2)3;1-2/h10H,3,5-7H2,1-2,4H3;4H,1-3H3;1-2H3. The molecule has 0 atom stereocenters. The Morgan fingerprint density at radius 1 is 1.17 bits per heavy atom. The number of rotatable bonds is 5. The van der Waals surface area contributed by atoms with Gasteiger partial charge in [-0.3, -0.25) is 4.79 Å². The van der Waals surface area contributed by atoms with Crippen molar-refractivity contribution in [2.75, 3.05) is 19.6 Å². The van der Waals surface area contributed by atoms with Gasteiger partial charge < -0.3 is 10.2 Å². The van der Waals surface area contributed by atoms with Crippen LogP contribution in [0, 0.1) is 5.92 Å². The van der Waals surface area contributed by atoms with Gasteiger partial charge in [0, 0.05) is 18.8 Å². The number of hydrogen-bond acceptors (Lipinski definition) is 2. The van der Waals surface area contributed by atoms with Crippen LogP contribution in [0.5, 0.6) is 0 Å². The molecule has 0 rings (SSSR count). The minimum atomic E-state index is 0.128. The van der Waals surface area contributed by atoms with Crippen molar-refractivity contribution in [3.8, 4) is 0 Å². The molecule has 0 saturated carbocycles. The minimum Gasteiger partial charge on any atom is -0.380 e. The molecular weight excluding hydrogens is 224 g/mol. The molecule has 3 heteroatoms. The van der Waals surface area contributed by atoms with E-state index in [1.54, 1.807) is 4.90 Å². The summed E-state index contributed by atoms with van der Waals surface area (Å²) >= 11 is 0. The van der Waals surface area contributed by atoms with Gasteiger partial charge in [-0.05, 0) is 26.7 Å². The highest BCUT2D eigenvalue weighted by atomic mass is 16.2. The zero-order chi connectivity index (χ0) is 15.1. The molecule has 0 aliphatic rings. The highest BCUT2D eigenvalue weighted by molar-refractivity contribution is 5.78. The first kappa shape index (κ1) is 22.2. The van der Waals surface area contributed by atoms with Crippen LogP contribution in [0.25, 0.3) is 0 Å². The van der Waals surface area contributed by atoms with Gasteiger partial charge >= 0.3 is 0 Å². The van der Waals surface area contributed by atoms with Crippen LogP contribution in [0.15, 0.2) is 12.3 Å². The molecule has 110 valence electrons. The van der Waals surface area contributed by atoms with Gasteiger partial charge in [-0.15, -0.1) is 0 Å². The van der Waals surface area contributed by atoms with Crippen molar-refractivity contribution in [1.29, 1.82) is 0 Å². The summed E-state index contributed by atoms with van der Waals surface area (Å²) in [7, 11) is 0. The molecule has 18 heavy (non-hydrogen) atoms. The highest BCUT2D eigenvalue weighted by Crippen LogP contribution is 1.88. The molecule has 0 aromatic rings. The van der Waals surface area contributed by atoms with Crippen molar-refractivity contribution >= 4 is 5.91 Å². The number of amides is 1. The predicted molar refractivity (Wildman–Crippen MR) is 82.6 cm³/mol. The number of nitrogens with one attached hydrogen (secondary N) is 1. The second-order valence-corrected chi connectivity index (χ2v) is 4.43. The molecule has 0 aromatic heterocycles. The van der Waals surface area contributed by atoms with E-state index < -0.39 is 0 Å². The number of carbonyl (C=O) groups excluding carboxylic acids is 1. The number of allylic oxidation sites excluding steroid dienone is 1. The first-order chi connectivity index (χ1) is 8.34. The number of likely N-dealkylation sites (N-methyl/N-ethyl adjacent to an activating group) is 1. The molecule has 1 N–H and O–H groups in total. The van der Waals surface area contributed by atoms with Gasteiger partial charge in [0.25, 0.3) is 0 Å². The molecule has 0 aliphatic heterocycles. The topological polar surface area (TPSA) is 32.3 Å². The number of hydrogen-bond donors (Lipinski definition) is 1. The van der Waals surface area contributed by atoms with Crippen LogP contribution in [-0.2, 0) is 4.79 Å². The zero-order valence-corrected chi connectivity index (χ0v) is 13.8. The Bertz CT molecular complexity index is 194. The van der Waals surface area contributed by atoms with Crippen LogP contribution in [0.3, 0.4) is 0 Å². The van der Waals surface area contributed by atoms with Gasteiger partial charge in [-0.1, -0.05) is 41.2 Å². The normalized spacial score (nSPS) is 8.50. The van der Waals surface area contributed by atoms with E-state index >= 15 is 0 Å². The summed E-state index contributed by atoms with van der Waals surface area (Å²) in [5.74, 6) is 0.961. The Morgan fingerprint density at radius 2 is 1.50 bits per heavy atom. The summed E-state index contributed by atoms with van der Waals surface area (Å²) in [4.78, 5) is 13.1. The maximum Gasteiger partial charge on any atom is 0.241 e. The first-order valence-electron chi connectivity index (χ1n) is 7.02. The molecule has 0 saturated heterocycles. The van der Waals surface area contributed by atoms with Crippen molar-refractivity contribution in [2.45, 2.75) is 55.4 Å². The average Bonchev–Trinajstić information content (AvgIpc) is 2.30. The molecular formula is C15H34N2O. The van der Waals surface area contributed by atoms with Gasteiger partial charge in [0.2, 0.25) is 5.91 Å². The van der Waals surface area contributed by atoms with Crippen LogP contribution in [0.2, 0.25) is 0 Å². The summed E-state index contributed by atoms with van der Waals surface area (Å²) in [5.41, 5.74) is 0.829. The lowest BCUT2D eigenvalue weighted by atomic mass is 10.3. The molecule has 0 fully saturated rings. The smallest absolute Gasteiger partial charge is 0.241 e. The lowest BCUT2D eigenvalue weighted by Gasteiger charge is -2.18. The fraction of sp³-hybridized carbons (Fsp3) is 0.800. The van der Waals surface area contributed by atoms with E-state index in [0.717, 1.165) is 24.7 Å². The monoisotopic (exact) mass is 258 g/mol. The van der Waals surface area contributed by atoms with Crippen molar-refractivity contribution in [3.63, 3.8) is 0 Å². The van der Waals surface area contributed by atoms with Crippen molar-refractivity contribution in [1.82, 2.24) is 10.2 Å². The fourth-order valence-electron chi connectivity index (χ4n) is 0.915. The molecule has 0 bridgehead atoms. The van der Waals surface area contributed by atoms with E-state index in [1.165, 1.54) is 0 Å². The van der Waals surface area contributed by atoms with Gasteiger partial charge in [0.15, 0.2) is 0 Å². The van der Waals surface area contributed by atoms with E-state index in [-0.39, 0.29) is 5.91 Å². The summed E-state index contributed by atoms with van der Waals surface area (Å²) in [6.45, 7) is 21.8. The first-order valence-corrected chi connectivity index (χ1v) is 7.02. The van der Waals surface area contributed by atoms with Gasteiger partial charge in [-0.25, -0.2) is 0 Å². The van der Waals surface area contributed by atoms with Crippen molar-refractivity contribution in [3.05, 3.63) is 12.3 Å². The predicted octanol–water partition coefficient (Wildman–Crippen LogP) is 3.67. The van der Waals surface area contributed by atoms with Crippen LogP contribution in [-0.4, -0.2) is 30.4 Å². The van der Waals surface area contributed by atoms with Crippen molar-refractivity contribution < 1.29 is 4.79 Å². The van der Waals surface area contributed by atoms with Gasteiger partial charge in [0.1, 0.15) is 0 Å². The maximum atomic E-state index is 11.3. The third-order valence-electron chi connectivity index (χ3n) is 1.66. The lowest BCUT2D eigenvalue weighted by Crippen LogP contribution is -2.37. The number of carbonyl (C=O) groups is 1. The lowest BCUT2D eigenvalue weighted by molar-refractivity contribution is -0.129. The Kier molecular flexibility index (Phi) is 19.8. The SMILES string of the molecule is C=C(C)NCC(=O)N(CC)CC.CC.CC(C)C. The quantitative estimate of drug-likeness (QED) is 0.816. The fourth-order valence-corrected chi connectivity index (χ4v) is 0.915. The highest BCUT2D eigenvalue weighted by Gasteiger charge is 2.07. The van der Waals surface area contributed by atoms with E-state index in [1.807, 2.05) is 34.6 Å². The molecule has 0 unspecified atom stereocenters. The average molecular weight is 258 g/mol. The molecule has 0 radical (unpaired) electrons. The Labute approximate surface area is 115 Å². The summed E-state index contributed by atoms with van der Waals surface area (Å²) in [6, 6.07) is 0. The van der Waals surface area contributed by atoms with Crippen LogP contribution in [0.4, 0.5) is 0 Å². The van der Waals surface area contributed by atoms with E-state index in [4.69, 9.17) is 0 Å². The largest absolute Gasteiger partial charge is 0.380 e. The molecule has 0 aliphatic carbocycles.